The minimum atomic E-state index is 0.213. The van der Waals surface area contributed by atoms with E-state index in [4.69, 9.17) is 0 Å². The van der Waals surface area contributed by atoms with Crippen LogP contribution in [0.15, 0.2) is 28.3 Å². The molecule has 2 rings (SSSR count). The Morgan fingerprint density at radius 2 is 2.18 bits per heavy atom. The number of thiophene rings is 1. The zero-order valence-corrected chi connectivity index (χ0v) is 12.2. The number of rotatable bonds is 4. The number of aromatic nitrogens is 2. The molecule has 3 nitrogen and oxygen atoms in total. The van der Waals surface area contributed by atoms with Crippen LogP contribution in [-0.2, 0) is 6.54 Å². The maximum Gasteiger partial charge on any atom is 0.0782 e. The second kappa shape index (κ2) is 5.71. The molecule has 0 aliphatic carbocycles. The van der Waals surface area contributed by atoms with Crippen molar-refractivity contribution in [3.63, 3.8) is 0 Å². The second-order valence-electron chi connectivity index (χ2n) is 3.86. The minimum absolute atomic E-state index is 0.213. The first kappa shape index (κ1) is 12.7. The molecular formula is C12H14BrN3S. The first-order valence-electron chi connectivity index (χ1n) is 5.40. The van der Waals surface area contributed by atoms with Crippen molar-refractivity contribution in [2.24, 2.45) is 0 Å². The van der Waals surface area contributed by atoms with Crippen molar-refractivity contribution in [2.45, 2.75) is 26.4 Å². The van der Waals surface area contributed by atoms with Crippen LogP contribution in [0.5, 0.6) is 0 Å². The predicted molar refractivity (Wildman–Crippen MR) is 74.0 cm³/mol. The lowest BCUT2D eigenvalue weighted by Gasteiger charge is -2.13. The van der Waals surface area contributed by atoms with Crippen LogP contribution < -0.4 is 5.32 Å². The van der Waals surface area contributed by atoms with Crippen LogP contribution in [0.4, 0.5) is 0 Å². The topological polar surface area (TPSA) is 37.8 Å². The van der Waals surface area contributed by atoms with Gasteiger partial charge in [-0.2, -0.15) is 0 Å². The van der Waals surface area contributed by atoms with Crippen LogP contribution in [0.1, 0.15) is 29.2 Å². The molecule has 0 fully saturated rings. The van der Waals surface area contributed by atoms with Gasteiger partial charge in [0, 0.05) is 39.7 Å². The van der Waals surface area contributed by atoms with Gasteiger partial charge in [0.15, 0.2) is 0 Å². The summed E-state index contributed by atoms with van der Waals surface area (Å²) in [5, 5.41) is 5.55. The summed E-state index contributed by atoms with van der Waals surface area (Å²) in [6, 6.07) is 2.35. The van der Waals surface area contributed by atoms with Crippen molar-refractivity contribution in [1.29, 1.82) is 0 Å². The molecule has 0 radical (unpaired) electrons. The maximum atomic E-state index is 4.36. The molecule has 1 unspecified atom stereocenters. The van der Waals surface area contributed by atoms with Gasteiger partial charge in [-0.1, -0.05) is 0 Å². The number of nitrogens with zero attached hydrogens (tertiary/aromatic N) is 2. The lowest BCUT2D eigenvalue weighted by Crippen LogP contribution is -2.19. The van der Waals surface area contributed by atoms with E-state index in [1.54, 1.807) is 23.7 Å². The molecule has 1 atom stereocenters. The highest BCUT2D eigenvalue weighted by molar-refractivity contribution is 9.10. The molecule has 17 heavy (non-hydrogen) atoms. The van der Waals surface area contributed by atoms with Gasteiger partial charge >= 0.3 is 0 Å². The molecule has 0 saturated carbocycles. The number of hydrogen-bond donors (Lipinski definition) is 1. The van der Waals surface area contributed by atoms with Crippen molar-refractivity contribution in [3.05, 3.63) is 44.6 Å². The van der Waals surface area contributed by atoms with Crippen molar-refractivity contribution in [3.8, 4) is 0 Å². The zero-order valence-electron chi connectivity index (χ0n) is 9.77. The van der Waals surface area contributed by atoms with Crippen LogP contribution in [0, 0.1) is 6.92 Å². The molecule has 0 spiro atoms. The van der Waals surface area contributed by atoms with Crippen LogP contribution in [0.3, 0.4) is 0 Å². The predicted octanol–water partition coefficient (Wildman–Crippen LogP) is 3.46. The highest BCUT2D eigenvalue weighted by Gasteiger charge is 2.10. The SMILES string of the molecule is Cc1nccnc1C(C)NCc1cc(Br)cs1. The molecule has 5 heteroatoms. The highest BCUT2D eigenvalue weighted by Crippen LogP contribution is 2.20. The monoisotopic (exact) mass is 311 g/mol. The summed E-state index contributed by atoms with van der Waals surface area (Å²) in [6.45, 7) is 4.95. The van der Waals surface area contributed by atoms with E-state index < -0.39 is 0 Å². The first-order chi connectivity index (χ1) is 8.16. The third-order valence-corrected chi connectivity index (χ3v) is 4.23. The van der Waals surface area contributed by atoms with Crippen LogP contribution >= 0.6 is 27.3 Å². The van der Waals surface area contributed by atoms with E-state index in [9.17, 15) is 0 Å². The largest absolute Gasteiger partial charge is 0.304 e. The van der Waals surface area contributed by atoms with E-state index in [1.807, 2.05) is 6.92 Å². The quantitative estimate of drug-likeness (QED) is 0.939. The smallest absolute Gasteiger partial charge is 0.0782 e. The Kier molecular flexibility index (Phi) is 4.25. The minimum Gasteiger partial charge on any atom is -0.304 e. The summed E-state index contributed by atoms with van der Waals surface area (Å²) in [7, 11) is 0. The lowest BCUT2D eigenvalue weighted by atomic mass is 10.2. The fourth-order valence-corrected chi connectivity index (χ4v) is 3.04. The van der Waals surface area contributed by atoms with Crippen LogP contribution in [0.25, 0.3) is 0 Å². The van der Waals surface area contributed by atoms with Gasteiger partial charge in [0.2, 0.25) is 0 Å². The molecule has 0 aromatic carbocycles. The summed E-state index contributed by atoms with van der Waals surface area (Å²) in [5.41, 5.74) is 2.00. The molecule has 1 N–H and O–H groups in total. The molecule has 2 heterocycles. The summed E-state index contributed by atoms with van der Waals surface area (Å²) in [6.07, 6.45) is 3.46. The van der Waals surface area contributed by atoms with Gasteiger partial charge in [0.25, 0.3) is 0 Å². The van der Waals surface area contributed by atoms with Crippen LogP contribution in [0.2, 0.25) is 0 Å². The number of nitrogens with one attached hydrogen (secondary N) is 1. The Morgan fingerprint density at radius 3 is 2.82 bits per heavy atom. The normalized spacial score (nSPS) is 12.6. The van der Waals surface area contributed by atoms with Crippen molar-refractivity contribution in [1.82, 2.24) is 15.3 Å². The third-order valence-electron chi connectivity index (χ3n) is 2.53. The van der Waals surface area contributed by atoms with E-state index in [0.717, 1.165) is 22.4 Å². The Bertz CT molecular complexity index is 498. The number of hydrogen-bond acceptors (Lipinski definition) is 4. The fraction of sp³-hybridized carbons (Fsp3) is 0.333. The number of halogens is 1. The molecule has 0 aliphatic rings. The van der Waals surface area contributed by atoms with Gasteiger partial charge in [-0.3, -0.25) is 9.97 Å². The van der Waals surface area contributed by atoms with E-state index >= 15 is 0 Å². The number of aryl methyl sites for hydroxylation is 1. The molecule has 0 saturated heterocycles. The molecule has 2 aromatic heterocycles. The molecule has 0 amide bonds. The summed E-state index contributed by atoms with van der Waals surface area (Å²) in [5.74, 6) is 0. The maximum absolute atomic E-state index is 4.36. The van der Waals surface area contributed by atoms with E-state index in [0.29, 0.717) is 0 Å². The summed E-state index contributed by atoms with van der Waals surface area (Å²) in [4.78, 5) is 9.93. The Hall–Kier alpha value is -0.780. The van der Waals surface area contributed by atoms with Gasteiger partial charge in [-0.05, 0) is 35.8 Å². The van der Waals surface area contributed by atoms with Crippen molar-refractivity contribution < 1.29 is 0 Å². The average Bonchev–Trinajstić information content (AvgIpc) is 2.73. The summed E-state index contributed by atoms with van der Waals surface area (Å²) >= 11 is 5.20. The molecule has 0 aliphatic heterocycles. The standard InChI is InChI=1S/C12H14BrN3S/c1-8-12(15-4-3-14-8)9(2)16-6-11-5-10(13)7-17-11/h3-5,7,9,16H,6H2,1-2H3. The van der Waals surface area contributed by atoms with E-state index in [-0.39, 0.29) is 6.04 Å². The third kappa shape index (κ3) is 3.34. The van der Waals surface area contributed by atoms with Crippen LogP contribution in [-0.4, -0.2) is 9.97 Å². The van der Waals surface area contributed by atoms with Crippen molar-refractivity contribution in [2.75, 3.05) is 0 Å². The average molecular weight is 312 g/mol. The van der Waals surface area contributed by atoms with Crippen molar-refractivity contribution >= 4 is 27.3 Å². The molecule has 90 valence electrons. The highest BCUT2D eigenvalue weighted by atomic mass is 79.9. The molecule has 0 bridgehead atoms. The van der Waals surface area contributed by atoms with Gasteiger partial charge < -0.3 is 5.32 Å². The second-order valence-corrected chi connectivity index (χ2v) is 5.77. The van der Waals surface area contributed by atoms with Gasteiger partial charge in [-0.15, -0.1) is 11.3 Å². The Labute approximate surface area is 113 Å². The molecule has 2 aromatic rings. The molecular weight excluding hydrogens is 298 g/mol. The van der Waals surface area contributed by atoms with Gasteiger partial charge in [0.05, 0.1) is 11.4 Å². The van der Waals surface area contributed by atoms with Gasteiger partial charge in [0.1, 0.15) is 0 Å². The fourth-order valence-electron chi connectivity index (χ4n) is 1.64. The first-order valence-corrected chi connectivity index (χ1v) is 7.08. The summed E-state index contributed by atoms with van der Waals surface area (Å²) < 4.78 is 1.14. The van der Waals surface area contributed by atoms with E-state index in [1.165, 1.54) is 4.88 Å². The zero-order chi connectivity index (χ0) is 12.3. The Balaban J connectivity index is 1.98. The van der Waals surface area contributed by atoms with E-state index in [2.05, 4.69) is 49.6 Å². The van der Waals surface area contributed by atoms with Gasteiger partial charge in [-0.25, -0.2) is 0 Å². The lowest BCUT2D eigenvalue weighted by molar-refractivity contribution is 0.559. The Morgan fingerprint density at radius 1 is 1.41 bits per heavy atom.